The van der Waals surface area contributed by atoms with Crippen molar-refractivity contribution >= 4 is 11.6 Å². The van der Waals surface area contributed by atoms with Crippen molar-refractivity contribution in [1.82, 2.24) is 9.97 Å². The molecule has 1 saturated carbocycles. The average molecular weight is 263 g/mol. The number of halogens is 2. The molecule has 1 aliphatic rings. The minimum Gasteiger partial charge on any atom is -0.471 e. The van der Waals surface area contributed by atoms with Crippen molar-refractivity contribution in [3.8, 4) is 5.88 Å². The van der Waals surface area contributed by atoms with Crippen LogP contribution >= 0.6 is 11.6 Å². The van der Waals surface area contributed by atoms with Gasteiger partial charge in [0.15, 0.2) is 6.17 Å². The summed E-state index contributed by atoms with van der Waals surface area (Å²) in [5.41, 5.74) is 0. The molecule has 5 nitrogen and oxygen atoms in total. The molecule has 0 aliphatic heterocycles. The maximum Gasteiger partial charge on any atom is 0.218 e. The topological polar surface area (TPSA) is 75.5 Å². The summed E-state index contributed by atoms with van der Waals surface area (Å²) >= 11 is 5.64. The zero-order valence-corrected chi connectivity index (χ0v) is 9.59. The average Bonchev–Trinajstić information content (AvgIpc) is 2.57. The number of rotatable bonds is 3. The van der Waals surface area contributed by atoms with Gasteiger partial charge in [0.05, 0.1) is 6.10 Å². The standard InChI is InChI=1S/C10H12ClFN2O3/c11-7-2-8(14-4-13-7)17-6-1-5(3-15)10(16)9(6)12/h2,4-6,9-10,15-16H,1,3H2/t5-,6-,9+,10-/m1/s1. The van der Waals surface area contributed by atoms with E-state index < -0.39 is 24.3 Å². The van der Waals surface area contributed by atoms with E-state index in [-0.39, 0.29) is 24.1 Å². The van der Waals surface area contributed by atoms with Crippen molar-refractivity contribution in [2.45, 2.75) is 24.8 Å². The van der Waals surface area contributed by atoms with E-state index in [1.54, 1.807) is 0 Å². The minimum absolute atomic E-state index is 0.156. The molecule has 1 aromatic rings. The van der Waals surface area contributed by atoms with Gasteiger partial charge in [-0.3, -0.25) is 0 Å². The molecular formula is C10H12ClFN2O3. The fourth-order valence-corrected chi connectivity index (χ4v) is 2.02. The van der Waals surface area contributed by atoms with E-state index in [0.717, 1.165) is 0 Å². The molecule has 7 heteroatoms. The highest BCUT2D eigenvalue weighted by molar-refractivity contribution is 6.29. The SMILES string of the molecule is OC[C@H]1C[C@@H](Oc2cc(Cl)ncn2)[C@H](F)[C@@H]1O. The molecule has 1 heterocycles. The van der Waals surface area contributed by atoms with E-state index in [1.807, 2.05) is 0 Å². The molecule has 1 fully saturated rings. The van der Waals surface area contributed by atoms with Crippen LogP contribution in [0.3, 0.4) is 0 Å². The molecule has 1 aliphatic carbocycles. The third-order valence-corrected chi connectivity index (χ3v) is 3.02. The van der Waals surface area contributed by atoms with Gasteiger partial charge < -0.3 is 14.9 Å². The zero-order chi connectivity index (χ0) is 12.4. The molecule has 94 valence electrons. The largest absolute Gasteiger partial charge is 0.471 e. The number of hydrogen-bond acceptors (Lipinski definition) is 5. The number of nitrogens with zero attached hydrogens (tertiary/aromatic N) is 2. The van der Waals surface area contributed by atoms with Crippen molar-refractivity contribution in [3.63, 3.8) is 0 Å². The van der Waals surface area contributed by atoms with Crippen LogP contribution in [0.25, 0.3) is 0 Å². The first-order valence-electron chi connectivity index (χ1n) is 5.19. The lowest BCUT2D eigenvalue weighted by molar-refractivity contribution is 0.0243. The second-order valence-electron chi connectivity index (χ2n) is 3.95. The van der Waals surface area contributed by atoms with Gasteiger partial charge in [-0.05, 0) is 6.42 Å². The molecular weight excluding hydrogens is 251 g/mol. The van der Waals surface area contributed by atoms with Crippen molar-refractivity contribution in [1.29, 1.82) is 0 Å². The van der Waals surface area contributed by atoms with E-state index in [4.69, 9.17) is 21.4 Å². The smallest absolute Gasteiger partial charge is 0.218 e. The van der Waals surface area contributed by atoms with Gasteiger partial charge >= 0.3 is 0 Å². The van der Waals surface area contributed by atoms with Gasteiger partial charge in [0, 0.05) is 18.6 Å². The Labute approximate surface area is 102 Å². The van der Waals surface area contributed by atoms with E-state index in [2.05, 4.69) is 9.97 Å². The summed E-state index contributed by atoms with van der Waals surface area (Å²) in [5.74, 6) is -0.351. The van der Waals surface area contributed by atoms with Crippen LogP contribution in [0.5, 0.6) is 5.88 Å². The predicted molar refractivity (Wildman–Crippen MR) is 57.6 cm³/mol. The molecule has 0 radical (unpaired) electrons. The van der Waals surface area contributed by atoms with Gasteiger partial charge in [-0.2, -0.15) is 0 Å². The molecule has 0 unspecified atom stereocenters. The van der Waals surface area contributed by atoms with Gasteiger partial charge in [0.1, 0.15) is 17.6 Å². The predicted octanol–water partition coefficient (Wildman–Crippen LogP) is 0.589. The molecule has 0 spiro atoms. The maximum absolute atomic E-state index is 13.6. The molecule has 0 saturated heterocycles. The number of aliphatic hydroxyl groups is 2. The first-order valence-corrected chi connectivity index (χ1v) is 5.57. The first-order chi connectivity index (χ1) is 8.11. The zero-order valence-electron chi connectivity index (χ0n) is 8.83. The van der Waals surface area contributed by atoms with Crippen LogP contribution in [-0.4, -0.2) is 45.2 Å². The highest BCUT2D eigenvalue weighted by Crippen LogP contribution is 2.31. The Bertz CT molecular complexity index is 396. The fraction of sp³-hybridized carbons (Fsp3) is 0.600. The number of ether oxygens (including phenoxy) is 1. The quantitative estimate of drug-likeness (QED) is 0.780. The number of aromatic nitrogens is 2. The lowest BCUT2D eigenvalue weighted by Crippen LogP contribution is -2.30. The summed E-state index contributed by atoms with van der Waals surface area (Å²) in [4.78, 5) is 7.46. The van der Waals surface area contributed by atoms with Crippen LogP contribution in [-0.2, 0) is 0 Å². The first kappa shape index (κ1) is 12.5. The van der Waals surface area contributed by atoms with Crippen LogP contribution in [0.15, 0.2) is 12.4 Å². The third kappa shape index (κ3) is 2.65. The normalized spacial score (nSPS) is 32.7. The molecule has 1 aromatic heterocycles. The lowest BCUT2D eigenvalue weighted by atomic mass is 10.1. The molecule has 2 rings (SSSR count). The van der Waals surface area contributed by atoms with Gasteiger partial charge in [-0.15, -0.1) is 0 Å². The highest BCUT2D eigenvalue weighted by Gasteiger charge is 2.44. The van der Waals surface area contributed by atoms with E-state index >= 15 is 0 Å². The summed E-state index contributed by atoms with van der Waals surface area (Å²) in [6.07, 6.45) is -2.13. The summed E-state index contributed by atoms with van der Waals surface area (Å²) in [5, 5.41) is 18.6. The Morgan fingerprint density at radius 2 is 2.29 bits per heavy atom. The molecule has 17 heavy (non-hydrogen) atoms. The summed E-state index contributed by atoms with van der Waals surface area (Å²) in [7, 11) is 0. The van der Waals surface area contributed by atoms with Crippen molar-refractivity contribution in [2.24, 2.45) is 5.92 Å². The van der Waals surface area contributed by atoms with Crippen LogP contribution < -0.4 is 4.74 Å². The Hall–Kier alpha value is -0.980. The van der Waals surface area contributed by atoms with Crippen LogP contribution in [0.1, 0.15) is 6.42 Å². The minimum atomic E-state index is -1.54. The summed E-state index contributed by atoms with van der Waals surface area (Å²) in [6, 6.07) is 1.37. The van der Waals surface area contributed by atoms with Gasteiger partial charge in [0.25, 0.3) is 0 Å². The van der Waals surface area contributed by atoms with Crippen molar-refractivity contribution < 1.29 is 19.3 Å². The van der Waals surface area contributed by atoms with E-state index in [1.165, 1.54) is 12.4 Å². The summed E-state index contributed by atoms with van der Waals surface area (Å²) in [6.45, 7) is -0.272. The van der Waals surface area contributed by atoms with Gasteiger partial charge in [0.2, 0.25) is 5.88 Å². The van der Waals surface area contributed by atoms with E-state index in [9.17, 15) is 9.50 Å². The van der Waals surface area contributed by atoms with E-state index in [0.29, 0.717) is 0 Å². The lowest BCUT2D eigenvalue weighted by Gasteiger charge is -2.15. The Kier molecular flexibility index (Phi) is 3.76. The van der Waals surface area contributed by atoms with Gasteiger partial charge in [-0.1, -0.05) is 11.6 Å². The monoisotopic (exact) mass is 262 g/mol. The molecule has 0 amide bonds. The van der Waals surface area contributed by atoms with Crippen molar-refractivity contribution in [3.05, 3.63) is 17.5 Å². The molecule has 0 bridgehead atoms. The number of hydrogen-bond donors (Lipinski definition) is 2. The molecule has 4 atom stereocenters. The van der Waals surface area contributed by atoms with Crippen LogP contribution in [0.4, 0.5) is 4.39 Å². The Morgan fingerprint density at radius 3 is 2.88 bits per heavy atom. The molecule has 2 N–H and O–H groups in total. The second kappa shape index (κ2) is 5.12. The maximum atomic E-state index is 13.6. The molecule has 0 aromatic carbocycles. The van der Waals surface area contributed by atoms with Gasteiger partial charge in [-0.25, -0.2) is 14.4 Å². The van der Waals surface area contributed by atoms with Crippen molar-refractivity contribution in [2.75, 3.05) is 6.61 Å². The number of aliphatic hydroxyl groups excluding tert-OH is 2. The Balaban J connectivity index is 2.05. The van der Waals surface area contributed by atoms with Crippen LogP contribution in [0.2, 0.25) is 5.15 Å². The fourth-order valence-electron chi connectivity index (χ4n) is 1.88. The van der Waals surface area contributed by atoms with Crippen LogP contribution in [0, 0.1) is 5.92 Å². The second-order valence-corrected chi connectivity index (χ2v) is 4.34. The Morgan fingerprint density at radius 1 is 1.53 bits per heavy atom. The highest BCUT2D eigenvalue weighted by atomic mass is 35.5. The third-order valence-electron chi connectivity index (χ3n) is 2.81. The number of alkyl halides is 1. The summed E-state index contributed by atoms with van der Waals surface area (Å²) < 4.78 is 18.9.